The SMILES string of the molecule is O=C(O)c1cccc(-c2cnc3nc2NCCCNS(=O)(=O)c2cccc(c2)N3)c1. The molecule has 0 spiro atoms. The van der Waals surface area contributed by atoms with Crippen LogP contribution in [0.3, 0.4) is 0 Å². The quantitative estimate of drug-likeness (QED) is 0.492. The standard InChI is InChI=1S/C20H19N5O4S/c26-19(27)14-5-1-4-13(10-14)17-12-22-20-24-15-6-2-7-16(11-15)30(28,29)23-9-3-8-21-18(17)25-20/h1-2,4-7,10-12,23H,3,8-9H2,(H,26,27)(H2,21,22,24,25). The van der Waals surface area contributed by atoms with Crippen molar-refractivity contribution in [3.8, 4) is 11.1 Å². The summed E-state index contributed by atoms with van der Waals surface area (Å²) >= 11 is 0. The van der Waals surface area contributed by atoms with E-state index in [2.05, 4.69) is 25.3 Å². The molecule has 4 bridgehead atoms. The molecule has 4 rings (SSSR count). The molecule has 0 atom stereocenters. The second-order valence-corrected chi connectivity index (χ2v) is 8.44. The van der Waals surface area contributed by atoms with Gasteiger partial charge in [0.2, 0.25) is 16.0 Å². The third-order valence-corrected chi connectivity index (χ3v) is 6.01. The number of hydrogen-bond acceptors (Lipinski definition) is 7. The minimum Gasteiger partial charge on any atom is -0.478 e. The molecule has 2 heterocycles. The van der Waals surface area contributed by atoms with E-state index in [0.29, 0.717) is 35.6 Å². The van der Waals surface area contributed by atoms with Gasteiger partial charge in [0, 0.05) is 30.5 Å². The largest absolute Gasteiger partial charge is 0.478 e. The van der Waals surface area contributed by atoms with Gasteiger partial charge in [-0.2, -0.15) is 4.98 Å². The number of sulfonamides is 1. The van der Waals surface area contributed by atoms with Crippen LogP contribution in [0, 0.1) is 0 Å². The maximum absolute atomic E-state index is 12.4. The van der Waals surface area contributed by atoms with E-state index in [0.717, 1.165) is 0 Å². The molecule has 1 aromatic heterocycles. The number of carboxylic acid groups (broad SMARTS) is 1. The molecule has 4 N–H and O–H groups in total. The van der Waals surface area contributed by atoms with Gasteiger partial charge >= 0.3 is 5.97 Å². The molecular weight excluding hydrogens is 406 g/mol. The maximum Gasteiger partial charge on any atom is 0.335 e. The highest BCUT2D eigenvalue weighted by Crippen LogP contribution is 2.29. The van der Waals surface area contributed by atoms with Gasteiger partial charge in [-0.1, -0.05) is 18.2 Å². The molecule has 10 heteroatoms. The highest BCUT2D eigenvalue weighted by Gasteiger charge is 2.16. The molecule has 0 saturated heterocycles. The highest BCUT2D eigenvalue weighted by molar-refractivity contribution is 7.89. The minimum absolute atomic E-state index is 0.155. The van der Waals surface area contributed by atoms with E-state index in [1.54, 1.807) is 36.5 Å². The molecule has 30 heavy (non-hydrogen) atoms. The molecule has 0 aliphatic carbocycles. The number of fused-ring (bicyclic) bond motifs is 4. The topological polar surface area (TPSA) is 133 Å². The second kappa shape index (κ2) is 8.09. The van der Waals surface area contributed by atoms with Gasteiger partial charge in [0.1, 0.15) is 5.82 Å². The number of aromatic nitrogens is 2. The van der Waals surface area contributed by atoms with E-state index in [4.69, 9.17) is 0 Å². The lowest BCUT2D eigenvalue weighted by Gasteiger charge is -2.13. The van der Waals surface area contributed by atoms with Crippen molar-refractivity contribution in [3.05, 3.63) is 60.3 Å². The Hall–Kier alpha value is -3.50. The maximum atomic E-state index is 12.4. The van der Waals surface area contributed by atoms with Gasteiger partial charge in [0.05, 0.1) is 10.5 Å². The fourth-order valence-corrected chi connectivity index (χ4v) is 4.18. The van der Waals surface area contributed by atoms with Crippen LogP contribution in [0.15, 0.2) is 59.6 Å². The van der Waals surface area contributed by atoms with Gasteiger partial charge < -0.3 is 15.7 Å². The molecule has 0 radical (unpaired) electrons. The third kappa shape index (κ3) is 4.24. The van der Waals surface area contributed by atoms with Crippen molar-refractivity contribution in [2.75, 3.05) is 23.7 Å². The average molecular weight is 425 g/mol. The zero-order valence-electron chi connectivity index (χ0n) is 15.8. The molecule has 9 nitrogen and oxygen atoms in total. The van der Waals surface area contributed by atoms with Gasteiger partial charge in [-0.05, 0) is 42.3 Å². The van der Waals surface area contributed by atoms with E-state index in [1.165, 1.54) is 18.2 Å². The molecule has 2 aromatic carbocycles. The molecule has 0 unspecified atom stereocenters. The number of hydrogen-bond donors (Lipinski definition) is 4. The summed E-state index contributed by atoms with van der Waals surface area (Å²) in [5.41, 5.74) is 2.00. The molecule has 1 aliphatic rings. The summed E-state index contributed by atoms with van der Waals surface area (Å²) in [7, 11) is -3.61. The van der Waals surface area contributed by atoms with Crippen LogP contribution >= 0.6 is 0 Å². The average Bonchev–Trinajstić information content (AvgIpc) is 2.74. The first kappa shape index (κ1) is 19.8. The van der Waals surface area contributed by atoms with Gasteiger partial charge in [-0.3, -0.25) is 0 Å². The fraction of sp³-hybridized carbons (Fsp3) is 0.150. The molecule has 0 fully saturated rings. The molecule has 0 amide bonds. The summed E-state index contributed by atoms with van der Waals surface area (Å²) in [5, 5.41) is 15.5. The van der Waals surface area contributed by atoms with Crippen molar-refractivity contribution in [3.63, 3.8) is 0 Å². The predicted octanol–water partition coefficient (Wildman–Crippen LogP) is 2.68. The molecule has 154 valence electrons. The van der Waals surface area contributed by atoms with Crippen LogP contribution in [0.25, 0.3) is 11.1 Å². The van der Waals surface area contributed by atoms with Crippen LogP contribution in [0.2, 0.25) is 0 Å². The Bertz CT molecular complexity index is 1210. The number of nitrogens with one attached hydrogen (secondary N) is 3. The monoisotopic (exact) mass is 425 g/mol. The van der Waals surface area contributed by atoms with Crippen LogP contribution in [0.4, 0.5) is 17.5 Å². The summed E-state index contributed by atoms with van der Waals surface area (Å²) in [6, 6.07) is 12.9. The van der Waals surface area contributed by atoms with E-state index in [-0.39, 0.29) is 23.0 Å². The summed E-state index contributed by atoms with van der Waals surface area (Å²) in [4.78, 5) is 20.3. The van der Waals surface area contributed by atoms with Crippen LogP contribution in [-0.2, 0) is 10.0 Å². The second-order valence-electron chi connectivity index (χ2n) is 6.67. The van der Waals surface area contributed by atoms with Crippen molar-refractivity contribution in [2.24, 2.45) is 0 Å². The van der Waals surface area contributed by atoms with E-state index < -0.39 is 16.0 Å². The normalized spacial score (nSPS) is 15.5. The van der Waals surface area contributed by atoms with Crippen molar-refractivity contribution >= 4 is 33.4 Å². The third-order valence-electron chi connectivity index (χ3n) is 4.55. The lowest BCUT2D eigenvalue weighted by atomic mass is 10.0. The summed E-state index contributed by atoms with van der Waals surface area (Å²) in [6.45, 7) is 0.719. The van der Waals surface area contributed by atoms with Crippen LogP contribution in [-0.4, -0.2) is 42.6 Å². The lowest BCUT2D eigenvalue weighted by Crippen LogP contribution is -2.26. The number of carbonyl (C=O) groups is 1. The van der Waals surface area contributed by atoms with Crippen LogP contribution in [0.5, 0.6) is 0 Å². The summed E-state index contributed by atoms with van der Waals surface area (Å²) in [6.07, 6.45) is 2.14. The van der Waals surface area contributed by atoms with E-state index in [1.807, 2.05) is 0 Å². The summed E-state index contributed by atoms with van der Waals surface area (Å²) < 4.78 is 27.5. The van der Waals surface area contributed by atoms with Crippen LogP contribution in [0.1, 0.15) is 16.8 Å². The van der Waals surface area contributed by atoms with Crippen molar-refractivity contribution in [1.29, 1.82) is 0 Å². The number of carboxylic acids is 1. The number of benzene rings is 2. The van der Waals surface area contributed by atoms with E-state index >= 15 is 0 Å². The number of anilines is 3. The van der Waals surface area contributed by atoms with Gasteiger partial charge in [-0.15, -0.1) is 0 Å². The van der Waals surface area contributed by atoms with Gasteiger partial charge in [0.15, 0.2) is 0 Å². The Labute approximate surface area is 173 Å². The molecule has 3 aromatic rings. The molecule has 0 saturated carbocycles. The van der Waals surface area contributed by atoms with Crippen molar-refractivity contribution in [2.45, 2.75) is 11.3 Å². The molecular formula is C20H19N5O4S. The van der Waals surface area contributed by atoms with E-state index in [9.17, 15) is 18.3 Å². The Morgan fingerprint density at radius 2 is 1.90 bits per heavy atom. The highest BCUT2D eigenvalue weighted by atomic mass is 32.2. The first-order chi connectivity index (χ1) is 14.4. The lowest BCUT2D eigenvalue weighted by molar-refractivity contribution is 0.0697. The van der Waals surface area contributed by atoms with Gasteiger partial charge in [0.25, 0.3) is 0 Å². The molecule has 1 aliphatic heterocycles. The zero-order valence-corrected chi connectivity index (χ0v) is 16.6. The fourth-order valence-electron chi connectivity index (χ4n) is 3.06. The number of nitrogens with zero attached hydrogens (tertiary/aromatic N) is 2. The van der Waals surface area contributed by atoms with Crippen molar-refractivity contribution in [1.82, 2.24) is 14.7 Å². The van der Waals surface area contributed by atoms with Gasteiger partial charge in [-0.25, -0.2) is 22.9 Å². The van der Waals surface area contributed by atoms with Crippen LogP contribution < -0.4 is 15.4 Å². The van der Waals surface area contributed by atoms with Crippen molar-refractivity contribution < 1.29 is 18.3 Å². The Balaban J connectivity index is 1.75. The minimum atomic E-state index is -3.61. The number of rotatable bonds is 2. The Morgan fingerprint density at radius 3 is 2.73 bits per heavy atom. The zero-order chi connectivity index (χ0) is 21.1. The summed E-state index contributed by atoms with van der Waals surface area (Å²) in [5.74, 6) is -0.207. The smallest absolute Gasteiger partial charge is 0.335 e. The predicted molar refractivity (Wildman–Crippen MR) is 112 cm³/mol. The first-order valence-electron chi connectivity index (χ1n) is 9.24. The Morgan fingerprint density at radius 1 is 1.07 bits per heavy atom. The number of aromatic carboxylic acids is 1. The Kier molecular flexibility index (Phi) is 5.34. The first-order valence-corrected chi connectivity index (χ1v) is 10.7.